The van der Waals surface area contributed by atoms with Gasteiger partial charge in [0.05, 0.1) is 6.10 Å². The zero-order valence-corrected chi connectivity index (χ0v) is 16.1. The predicted molar refractivity (Wildman–Crippen MR) is 97.3 cm³/mol. The number of halogens is 1. The number of nitrogens with one attached hydrogen (secondary N) is 2. The minimum absolute atomic E-state index is 0. The van der Waals surface area contributed by atoms with Crippen LogP contribution in [0, 0.1) is 16.7 Å². The van der Waals surface area contributed by atoms with E-state index in [4.69, 9.17) is 9.73 Å². The predicted octanol–water partition coefficient (Wildman–Crippen LogP) is 2.77. The van der Waals surface area contributed by atoms with E-state index < -0.39 is 0 Å². The molecule has 3 unspecified atom stereocenters. The van der Waals surface area contributed by atoms with E-state index in [2.05, 4.69) is 38.3 Å². The molecule has 0 aromatic rings. The largest absolute Gasteiger partial charge is 0.377 e. The van der Waals surface area contributed by atoms with E-state index in [1.165, 1.54) is 19.3 Å². The van der Waals surface area contributed by atoms with Crippen molar-refractivity contribution in [1.82, 2.24) is 10.6 Å². The number of guanidine groups is 1. The third-order valence-electron chi connectivity index (χ3n) is 5.46. The highest BCUT2D eigenvalue weighted by Gasteiger charge is 2.59. The first kappa shape index (κ1) is 17.3. The SMILES string of the molecule is CCNC(=NCC1(C)CC1)NC1C2CCOC2C1(C)C.I. The van der Waals surface area contributed by atoms with Crippen LogP contribution in [0.2, 0.25) is 0 Å². The Balaban J connectivity index is 0.00000161. The van der Waals surface area contributed by atoms with Gasteiger partial charge in [-0.1, -0.05) is 20.8 Å². The quantitative estimate of drug-likeness (QED) is 0.428. The molecule has 1 aliphatic heterocycles. The van der Waals surface area contributed by atoms with E-state index in [9.17, 15) is 0 Å². The maximum Gasteiger partial charge on any atom is 0.191 e. The molecule has 2 aliphatic carbocycles. The lowest BCUT2D eigenvalue weighted by Crippen LogP contribution is -2.68. The Hall–Kier alpha value is -0.0400. The van der Waals surface area contributed by atoms with Crippen LogP contribution >= 0.6 is 24.0 Å². The van der Waals surface area contributed by atoms with Crippen LogP contribution < -0.4 is 10.6 Å². The summed E-state index contributed by atoms with van der Waals surface area (Å²) in [4.78, 5) is 4.80. The Morgan fingerprint density at radius 2 is 2.00 bits per heavy atom. The molecule has 5 heteroatoms. The van der Waals surface area contributed by atoms with Gasteiger partial charge in [0.1, 0.15) is 0 Å². The molecule has 0 aromatic heterocycles. The first-order valence-corrected chi connectivity index (χ1v) is 8.13. The first-order chi connectivity index (χ1) is 9.46. The number of rotatable bonds is 4. The lowest BCUT2D eigenvalue weighted by molar-refractivity contribution is -0.106. The fourth-order valence-corrected chi connectivity index (χ4v) is 3.73. The van der Waals surface area contributed by atoms with Gasteiger partial charge in [0.2, 0.25) is 0 Å². The summed E-state index contributed by atoms with van der Waals surface area (Å²) in [6.45, 7) is 11.9. The molecule has 4 nitrogen and oxygen atoms in total. The van der Waals surface area contributed by atoms with Crippen molar-refractivity contribution in [2.24, 2.45) is 21.7 Å². The third-order valence-corrected chi connectivity index (χ3v) is 5.46. The van der Waals surface area contributed by atoms with Crippen LogP contribution in [0.1, 0.15) is 47.0 Å². The van der Waals surface area contributed by atoms with Crippen molar-refractivity contribution in [3.63, 3.8) is 0 Å². The van der Waals surface area contributed by atoms with Gasteiger partial charge in [0.25, 0.3) is 0 Å². The van der Waals surface area contributed by atoms with E-state index in [1.54, 1.807) is 0 Å². The minimum Gasteiger partial charge on any atom is -0.377 e. The second-order valence-corrected chi connectivity index (χ2v) is 7.69. The van der Waals surface area contributed by atoms with Crippen LogP contribution in [0.3, 0.4) is 0 Å². The summed E-state index contributed by atoms with van der Waals surface area (Å²) >= 11 is 0. The summed E-state index contributed by atoms with van der Waals surface area (Å²) in [7, 11) is 0. The fourth-order valence-electron chi connectivity index (χ4n) is 3.73. The van der Waals surface area contributed by atoms with Crippen molar-refractivity contribution >= 4 is 29.9 Å². The van der Waals surface area contributed by atoms with Crippen LogP contribution in [0.4, 0.5) is 0 Å². The van der Waals surface area contributed by atoms with Crippen molar-refractivity contribution in [3.05, 3.63) is 0 Å². The fraction of sp³-hybridized carbons (Fsp3) is 0.938. The lowest BCUT2D eigenvalue weighted by atomic mass is 9.57. The van der Waals surface area contributed by atoms with E-state index in [0.29, 0.717) is 23.5 Å². The molecule has 3 rings (SSSR count). The third kappa shape index (κ3) is 3.33. The number of ether oxygens (including phenoxy) is 1. The van der Waals surface area contributed by atoms with E-state index in [1.807, 2.05) is 0 Å². The molecule has 2 N–H and O–H groups in total. The Kier molecular flexibility index (Phi) is 5.13. The summed E-state index contributed by atoms with van der Waals surface area (Å²) in [6.07, 6.45) is 4.26. The molecule has 122 valence electrons. The highest BCUT2D eigenvalue weighted by molar-refractivity contribution is 14.0. The molecular weight excluding hydrogens is 377 g/mol. The van der Waals surface area contributed by atoms with E-state index in [0.717, 1.165) is 25.7 Å². The van der Waals surface area contributed by atoms with Gasteiger partial charge in [-0.25, -0.2) is 0 Å². The molecule has 0 radical (unpaired) electrons. The second kappa shape index (κ2) is 6.22. The molecular formula is C16H30IN3O. The van der Waals surface area contributed by atoms with Crippen LogP contribution in [0.5, 0.6) is 0 Å². The standard InChI is InChI=1S/C16H29N3O.HI/c1-5-17-14(18-10-16(4)7-8-16)19-12-11-6-9-20-13(11)15(12,2)3;/h11-13H,5-10H2,1-4H3,(H2,17,18,19);1H. The van der Waals surface area contributed by atoms with Gasteiger partial charge in [-0.3, -0.25) is 4.99 Å². The maximum atomic E-state index is 5.86. The van der Waals surface area contributed by atoms with Gasteiger partial charge in [-0.05, 0) is 31.6 Å². The molecule has 0 amide bonds. The van der Waals surface area contributed by atoms with Crippen molar-refractivity contribution < 1.29 is 4.74 Å². The molecule has 1 heterocycles. The summed E-state index contributed by atoms with van der Waals surface area (Å²) in [6, 6.07) is 0.486. The minimum atomic E-state index is 0. The molecule has 3 atom stereocenters. The van der Waals surface area contributed by atoms with Crippen molar-refractivity contribution in [3.8, 4) is 0 Å². The van der Waals surface area contributed by atoms with Gasteiger partial charge in [0.15, 0.2) is 5.96 Å². The number of fused-ring (bicyclic) bond motifs is 1. The molecule has 2 saturated carbocycles. The Labute approximate surface area is 145 Å². The summed E-state index contributed by atoms with van der Waals surface area (Å²) in [5, 5.41) is 7.07. The molecule has 0 aromatic carbocycles. The zero-order valence-electron chi connectivity index (χ0n) is 13.7. The summed E-state index contributed by atoms with van der Waals surface area (Å²) < 4.78 is 5.86. The second-order valence-electron chi connectivity index (χ2n) is 7.69. The van der Waals surface area contributed by atoms with Crippen LogP contribution in [-0.2, 0) is 4.74 Å². The molecule has 21 heavy (non-hydrogen) atoms. The molecule has 0 spiro atoms. The van der Waals surface area contributed by atoms with E-state index in [-0.39, 0.29) is 29.4 Å². The topological polar surface area (TPSA) is 45.7 Å². The van der Waals surface area contributed by atoms with Crippen molar-refractivity contribution in [2.75, 3.05) is 19.7 Å². The number of hydrogen-bond donors (Lipinski definition) is 2. The molecule has 0 bridgehead atoms. The average molecular weight is 407 g/mol. The molecule has 3 fully saturated rings. The van der Waals surface area contributed by atoms with Gasteiger partial charge < -0.3 is 15.4 Å². The Morgan fingerprint density at radius 3 is 2.62 bits per heavy atom. The lowest BCUT2D eigenvalue weighted by Gasteiger charge is -2.54. The summed E-state index contributed by atoms with van der Waals surface area (Å²) in [5.74, 6) is 1.65. The molecule has 1 saturated heterocycles. The smallest absolute Gasteiger partial charge is 0.191 e. The number of aliphatic imine (C=N–C) groups is 1. The summed E-state index contributed by atoms with van der Waals surface area (Å²) in [5.41, 5.74) is 0.678. The number of nitrogens with zero attached hydrogens (tertiary/aromatic N) is 1. The van der Waals surface area contributed by atoms with Crippen molar-refractivity contribution in [2.45, 2.75) is 59.1 Å². The highest BCUT2D eigenvalue weighted by Crippen LogP contribution is 2.52. The van der Waals surface area contributed by atoms with Gasteiger partial charge in [0, 0.05) is 37.1 Å². The average Bonchev–Trinajstić information content (AvgIpc) is 2.97. The normalized spacial score (nSPS) is 35.2. The van der Waals surface area contributed by atoms with Crippen LogP contribution in [0.15, 0.2) is 4.99 Å². The van der Waals surface area contributed by atoms with Gasteiger partial charge in [-0.15, -0.1) is 24.0 Å². The zero-order chi connectivity index (χ0) is 14.4. The maximum absolute atomic E-state index is 5.86. The van der Waals surface area contributed by atoms with E-state index >= 15 is 0 Å². The van der Waals surface area contributed by atoms with Crippen molar-refractivity contribution in [1.29, 1.82) is 0 Å². The van der Waals surface area contributed by atoms with Gasteiger partial charge >= 0.3 is 0 Å². The highest BCUT2D eigenvalue weighted by atomic mass is 127. The van der Waals surface area contributed by atoms with Crippen LogP contribution in [-0.4, -0.2) is 37.8 Å². The Bertz CT molecular complexity index is 406. The monoisotopic (exact) mass is 407 g/mol. The van der Waals surface area contributed by atoms with Crippen LogP contribution in [0.25, 0.3) is 0 Å². The number of hydrogen-bond acceptors (Lipinski definition) is 2. The Morgan fingerprint density at radius 1 is 1.29 bits per heavy atom. The van der Waals surface area contributed by atoms with Gasteiger partial charge in [-0.2, -0.15) is 0 Å². The first-order valence-electron chi connectivity index (χ1n) is 8.13. The molecule has 3 aliphatic rings.